The van der Waals surface area contributed by atoms with Gasteiger partial charge in [-0.15, -0.1) is 0 Å². The third-order valence-electron chi connectivity index (χ3n) is 2.90. The number of aliphatic hydroxyl groups is 1. The smallest absolute Gasteiger partial charge is 0.129 e. The summed E-state index contributed by atoms with van der Waals surface area (Å²) in [5.41, 5.74) is 0.921. The second-order valence-electron chi connectivity index (χ2n) is 4.27. The van der Waals surface area contributed by atoms with Crippen molar-refractivity contribution in [2.45, 2.75) is 25.9 Å². The molecule has 0 bridgehead atoms. The molecule has 1 aromatic carbocycles. The highest BCUT2D eigenvalue weighted by Gasteiger charge is 2.37. The second-order valence-corrected chi connectivity index (χ2v) is 4.27. The molecule has 1 saturated heterocycles. The van der Waals surface area contributed by atoms with Crippen LogP contribution in [0, 0.1) is 19.7 Å². The molecule has 2 nitrogen and oxygen atoms in total. The molecule has 0 spiro atoms. The fourth-order valence-electron chi connectivity index (χ4n) is 2.26. The molecular formula is C12H15FO2. The molecule has 0 saturated carbocycles. The Labute approximate surface area is 88.7 Å². The molecule has 1 aliphatic rings. The Balaban J connectivity index is 2.52. The molecule has 1 aliphatic heterocycles. The van der Waals surface area contributed by atoms with Gasteiger partial charge < -0.3 is 9.84 Å². The van der Waals surface area contributed by atoms with Gasteiger partial charge in [-0.05, 0) is 31.0 Å². The first-order chi connectivity index (χ1) is 7.03. The summed E-state index contributed by atoms with van der Waals surface area (Å²) in [6, 6.07) is 3.34. The number of rotatable bonds is 1. The highest BCUT2D eigenvalue weighted by molar-refractivity contribution is 5.36. The average Bonchev–Trinajstić information content (AvgIpc) is 2.50. The molecule has 1 fully saturated rings. The van der Waals surface area contributed by atoms with E-state index < -0.39 is 5.60 Å². The highest BCUT2D eigenvalue weighted by Crippen LogP contribution is 2.34. The maximum absolute atomic E-state index is 13.8. The lowest BCUT2D eigenvalue weighted by Gasteiger charge is -2.24. The Kier molecular flexibility index (Phi) is 2.52. The lowest BCUT2D eigenvalue weighted by atomic mass is 9.88. The van der Waals surface area contributed by atoms with Crippen LogP contribution in [0.25, 0.3) is 0 Å². The Hall–Kier alpha value is -0.930. The molecule has 82 valence electrons. The molecule has 2 rings (SSSR count). The van der Waals surface area contributed by atoms with Gasteiger partial charge in [0.05, 0.1) is 6.61 Å². The second kappa shape index (κ2) is 3.58. The van der Waals surface area contributed by atoms with E-state index in [1.54, 1.807) is 0 Å². The largest absolute Gasteiger partial charge is 0.383 e. The Bertz CT molecular complexity index is 358. The molecule has 0 aromatic heterocycles. The summed E-state index contributed by atoms with van der Waals surface area (Å²) in [4.78, 5) is 0. The first-order valence-electron chi connectivity index (χ1n) is 5.10. The van der Waals surface area contributed by atoms with E-state index >= 15 is 0 Å². The molecule has 1 aromatic rings. The number of benzene rings is 1. The Morgan fingerprint density at radius 3 is 2.67 bits per heavy atom. The van der Waals surface area contributed by atoms with Crippen LogP contribution in [-0.2, 0) is 10.3 Å². The van der Waals surface area contributed by atoms with Crippen LogP contribution in [0.4, 0.5) is 4.39 Å². The van der Waals surface area contributed by atoms with E-state index in [2.05, 4.69) is 0 Å². The lowest BCUT2D eigenvalue weighted by molar-refractivity contribution is 0.0196. The van der Waals surface area contributed by atoms with Crippen LogP contribution in [0.3, 0.4) is 0 Å². The highest BCUT2D eigenvalue weighted by atomic mass is 19.1. The first-order valence-corrected chi connectivity index (χ1v) is 5.10. The van der Waals surface area contributed by atoms with Crippen molar-refractivity contribution in [2.24, 2.45) is 0 Å². The molecule has 1 atom stereocenters. The van der Waals surface area contributed by atoms with Gasteiger partial charge in [-0.2, -0.15) is 0 Å². The van der Waals surface area contributed by atoms with Crippen molar-refractivity contribution < 1.29 is 14.2 Å². The van der Waals surface area contributed by atoms with Gasteiger partial charge in [-0.3, -0.25) is 0 Å². The summed E-state index contributed by atoms with van der Waals surface area (Å²) in [6.07, 6.45) is 0.466. The van der Waals surface area contributed by atoms with Gasteiger partial charge in [0.1, 0.15) is 11.4 Å². The molecule has 1 unspecified atom stereocenters. The van der Waals surface area contributed by atoms with E-state index in [-0.39, 0.29) is 12.4 Å². The zero-order valence-corrected chi connectivity index (χ0v) is 9.01. The quantitative estimate of drug-likeness (QED) is 0.768. The van der Waals surface area contributed by atoms with Gasteiger partial charge in [-0.25, -0.2) is 4.39 Å². The molecule has 3 heteroatoms. The van der Waals surface area contributed by atoms with Gasteiger partial charge >= 0.3 is 0 Å². The minimum absolute atomic E-state index is 0.188. The maximum atomic E-state index is 13.8. The minimum Gasteiger partial charge on any atom is -0.383 e. The van der Waals surface area contributed by atoms with Gasteiger partial charge in [0.25, 0.3) is 0 Å². The van der Waals surface area contributed by atoms with Gasteiger partial charge in [0.15, 0.2) is 0 Å². The van der Waals surface area contributed by atoms with Crippen LogP contribution >= 0.6 is 0 Å². The Morgan fingerprint density at radius 1 is 1.40 bits per heavy atom. The molecule has 0 radical (unpaired) electrons. The van der Waals surface area contributed by atoms with Crippen molar-refractivity contribution in [3.05, 3.63) is 34.6 Å². The number of hydrogen-bond donors (Lipinski definition) is 1. The number of aryl methyl sites for hydroxylation is 2. The van der Waals surface area contributed by atoms with Gasteiger partial charge in [0.2, 0.25) is 0 Å². The normalized spacial score (nSPS) is 25.9. The average molecular weight is 210 g/mol. The molecular weight excluding hydrogens is 195 g/mol. The maximum Gasteiger partial charge on any atom is 0.129 e. The predicted octanol–water partition coefficient (Wildman–Crippen LogP) is 2.05. The fraction of sp³-hybridized carbons (Fsp3) is 0.500. The van der Waals surface area contributed by atoms with Crippen LogP contribution < -0.4 is 0 Å². The minimum atomic E-state index is -1.14. The van der Waals surface area contributed by atoms with E-state index in [1.807, 2.05) is 19.9 Å². The summed E-state index contributed by atoms with van der Waals surface area (Å²) in [5.74, 6) is -0.333. The Morgan fingerprint density at radius 2 is 2.13 bits per heavy atom. The molecule has 1 N–H and O–H groups in total. The van der Waals surface area contributed by atoms with Crippen LogP contribution in [0.5, 0.6) is 0 Å². The van der Waals surface area contributed by atoms with Gasteiger partial charge in [0, 0.05) is 18.6 Å². The van der Waals surface area contributed by atoms with Crippen molar-refractivity contribution in [3.8, 4) is 0 Å². The molecule has 0 aliphatic carbocycles. The number of hydrogen-bond acceptors (Lipinski definition) is 2. The van der Waals surface area contributed by atoms with E-state index in [0.717, 1.165) is 11.1 Å². The van der Waals surface area contributed by atoms with Crippen molar-refractivity contribution in [1.29, 1.82) is 0 Å². The van der Waals surface area contributed by atoms with E-state index in [0.29, 0.717) is 18.6 Å². The molecule has 0 amide bonds. The van der Waals surface area contributed by atoms with E-state index in [4.69, 9.17) is 4.74 Å². The monoisotopic (exact) mass is 210 g/mol. The third kappa shape index (κ3) is 1.77. The fourth-order valence-corrected chi connectivity index (χ4v) is 2.26. The van der Waals surface area contributed by atoms with Crippen molar-refractivity contribution in [2.75, 3.05) is 13.2 Å². The zero-order chi connectivity index (χ0) is 11.1. The zero-order valence-electron chi connectivity index (χ0n) is 9.01. The van der Waals surface area contributed by atoms with Crippen molar-refractivity contribution in [3.63, 3.8) is 0 Å². The van der Waals surface area contributed by atoms with Crippen LogP contribution in [0.15, 0.2) is 12.1 Å². The summed E-state index contributed by atoms with van der Waals surface area (Å²) >= 11 is 0. The number of halogens is 1. The van der Waals surface area contributed by atoms with Crippen molar-refractivity contribution >= 4 is 0 Å². The summed E-state index contributed by atoms with van der Waals surface area (Å²) in [7, 11) is 0. The van der Waals surface area contributed by atoms with Crippen molar-refractivity contribution in [1.82, 2.24) is 0 Å². The summed E-state index contributed by atoms with van der Waals surface area (Å²) in [5, 5.41) is 10.3. The lowest BCUT2D eigenvalue weighted by Crippen LogP contribution is -2.28. The van der Waals surface area contributed by atoms with Gasteiger partial charge in [-0.1, -0.05) is 6.07 Å². The summed E-state index contributed by atoms with van der Waals surface area (Å²) in [6.45, 7) is 4.34. The SMILES string of the molecule is Cc1cc(C)c(C2(O)CCOC2)c(F)c1. The summed E-state index contributed by atoms with van der Waals surface area (Å²) < 4.78 is 18.9. The topological polar surface area (TPSA) is 29.5 Å². The third-order valence-corrected chi connectivity index (χ3v) is 2.90. The van der Waals surface area contributed by atoms with E-state index in [9.17, 15) is 9.50 Å². The van der Waals surface area contributed by atoms with E-state index in [1.165, 1.54) is 6.07 Å². The first kappa shape index (κ1) is 10.6. The molecule has 1 heterocycles. The van der Waals surface area contributed by atoms with Crippen LogP contribution in [-0.4, -0.2) is 18.3 Å². The van der Waals surface area contributed by atoms with Crippen LogP contribution in [0.1, 0.15) is 23.1 Å². The number of ether oxygens (including phenoxy) is 1. The molecule has 15 heavy (non-hydrogen) atoms. The van der Waals surface area contributed by atoms with Crippen LogP contribution in [0.2, 0.25) is 0 Å². The standard InChI is InChI=1S/C12H15FO2/c1-8-5-9(2)11(10(13)6-8)12(14)3-4-15-7-12/h5-6,14H,3-4,7H2,1-2H3. The predicted molar refractivity (Wildman–Crippen MR) is 55.2 cm³/mol.